The van der Waals surface area contributed by atoms with Gasteiger partial charge in [0.1, 0.15) is 22.8 Å². The molecule has 0 unspecified atom stereocenters. The number of H-pyrrole nitrogens is 1. The zero-order chi connectivity index (χ0) is 43.9. The zero-order valence-corrected chi connectivity index (χ0v) is 35.9. The highest BCUT2D eigenvalue weighted by atomic mass is 19.1. The number of rotatable bonds is 9. The third-order valence-corrected chi connectivity index (χ3v) is 13.7. The monoisotopic (exact) mass is 856 g/mol. The summed E-state index contributed by atoms with van der Waals surface area (Å²) < 4.78 is 34.5. The Labute approximate surface area is 362 Å². The molecule has 16 heteroatoms. The van der Waals surface area contributed by atoms with Crippen molar-refractivity contribution in [3.8, 4) is 11.4 Å². The summed E-state index contributed by atoms with van der Waals surface area (Å²) in [5.74, 6) is 0.135. The highest BCUT2D eigenvalue weighted by molar-refractivity contribution is 6.00. The molecular weight excluding hydrogens is 808 g/mol. The predicted octanol–water partition coefficient (Wildman–Crippen LogP) is 6.51. The molecule has 1 saturated carbocycles. The molecule has 63 heavy (non-hydrogen) atoms. The maximum atomic E-state index is 15.3. The molecule has 3 aromatic heterocycles. The number of ether oxygens (including phenoxy) is 2. The maximum Gasteiger partial charge on any atom is 0.438 e. The molecule has 10 rings (SSSR count). The van der Waals surface area contributed by atoms with E-state index in [-0.39, 0.29) is 54.7 Å². The number of anilines is 1. The van der Waals surface area contributed by atoms with E-state index in [9.17, 15) is 14.4 Å². The lowest BCUT2D eigenvalue weighted by Crippen LogP contribution is -2.45. The molecule has 3 aromatic carbocycles. The number of aromatic amines is 1. The molecule has 326 valence electrons. The Morgan fingerprint density at radius 1 is 0.984 bits per heavy atom. The topological polar surface area (TPSA) is 161 Å². The average molecular weight is 857 g/mol. The first kappa shape index (κ1) is 40.5. The Balaban J connectivity index is 1.07. The Bertz CT molecular complexity index is 2920. The molecule has 1 N–H and O–H groups in total. The lowest BCUT2D eigenvalue weighted by Gasteiger charge is -2.36. The number of aryl methyl sites for hydroxylation is 2. The smallest absolute Gasteiger partial charge is 0.438 e. The summed E-state index contributed by atoms with van der Waals surface area (Å²) in [7, 11) is 1.59. The Morgan fingerprint density at radius 3 is 2.44 bits per heavy atom. The summed E-state index contributed by atoms with van der Waals surface area (Å²) in [4.78, 5) is 69.7. The van der Waals surface area contributed by atoms with Gasteiger partial charge >= 0.3 is 11.8 Å². The third-order valence-electron chi connectivity index (χ3n) is 13.7. The van der Waals surface area contributed by atoms with E-state index in [2.05, 4.69) is 35.3 Å². The third kappa shape index (κ3) is 6.64. The highest BCUT2D eigenvalue weighted by Crippen LogP contribution is 2.56. The zero-order valence-electron chi connectivity index (χ0n) is 35.9. The number of fused-ring (bicyclic) bond motifs is 2. The van der Waals surface area contributed by atoms with Gasteiger partial charge in [-0.3, -0.25) is 24.0 Å². The number of urea groups is 1. The quantitative estimate of drug-likeness (QED) is 0.171. The van der Waals surface area contributed by atoms with Crippen LogP contribution in [0.15, 0.2) is 74.8 Å². The van der Waals surface area contributed by atoms with Gasteiger partial charge in [0.05, 0.1) is 24.5 Å². The van der Waals surface area contributed by atoms with Gasteiger partial charge in [-0.15, -0.1) is 0 Å². The minimum atomic E-state index is -0.840. The minimum Gasteiger partial charge on any atom is -0.497 e. The summed E-state index contributed by atoms with van der Waals surface area (Å²) in [6.07, 6.45) is 2.62. The first-order valence-electron chi connectivity index (χ1n) is 21.6. The summed E-state index contributed by atoms with van der Waals surface area (Å²) in [6.45, 7) is 9.70. The van der Waals surface area contributed by atoms with Gasteiger partial charge in [0, 0.05) is 55.9 Å². The molecule has 0 bridgehead atoms. The molecule has 6 aromatic rings. The lowest BCUT2D eigenvalue weighted by atomic mass is 9.91. The number of aromatic nitrogens is 5. The Kier molecular flexibility index (Phi) is 9.88. The number of halogens is 1. The van der Waals surface area contributed by atoms with Crippen molar-refractivity contribution in [2.24, 2.45) is 5.92 Å². The molecule has 15 nitrogen and oxygen atoms in total. The van der Waals surface area contributed by atoms with E-state index < -0.39 is 17.3 Å². The maximum absolute atomic E-state index is 15.3. The van der Waals surface area contributed by atoms with Gasteiger partial charge in [-0.25, -0.2) is 23.5 Å². The van der Waals surface area contributed by atoms with Crippen molar-refractivity contribution < 1.29 is 28.0 Å². The van der Waals surface area contributed by atoms with Crippen LogP contribution in [0.4, 0.5) is 15.1 Å². The van der Waals surface area contributed by atoms with Crippen molar-refractivity contribution in [3.63, 3.8) is 0 Å². The van der Waals surface area contributed by atoms with Gasteiger partial charge in [0.15, 0.2) is 5.82 Å². The van der Waals surface area contributed by atoms with Crippen molar-refractivity contribution in [2.75, 3.05) is 44.9 Å². The van der Waals surface area contributed by atoms with Crippen molar-refractivity contribution >= 4 is 28.8 Å². The highest BCUT2D eigenvalue weighted by Gasteiger charge is 2.59. The number of nitrogens with one attached hydrogen (secondary N) is 1. The molecule has 0 spiro atoms. The molecule has 1 aliphatic carbocycles. The van der Waals surface area contributed by atoms with Crippen LogP contribution in [0.5, 0.6) is 5.75 Å². The van der Waals surface area contributed by atoms with Crippen LogP contribution < -0.4 is 21.0 Å². The van der Waals surface area contributed by atoms with E-state index in [1.54, 1.807) is 42.9 Å². The molecular formula is C47H49FN8O7. The normalized spacial score (nSPS) is 21.4. The second-order valence-electron chi connectivity index (χ2n) is 17.5. The molecule has 3 atom stereocenters. The van der Waals surface area contributed by atoms with E-state index in [1.807, 2.05) is 41.8 Å². The van der Waals surface area contributed by atoms with Gasteiger partial charge < -0.3 is 23.8 Å². The van der Waals surface area contributed by atoms with Gasteiger partial charge in [-0.05, 0) is 123 Å². The van der Waals surface area contributed by atoms with Crippen molar-refractivity contribution in [3.05, 3.63) is 132 Å². The molecule has 2 saturated heterocycles. The number of hydrogen-bond acceptors (Lipinski definition) is 9. The number of hydrogen-bond donors (Lipinski definition) is 1. The van der Waals surface area contributed by atoms with Gasteiger partial charge in [-0.2, -0.15) is 0 Å². The number of nitrogens with zero attached hydrogens (tertiary/aromatic N) is 7. The molecule has 6 heterocycles. The Hall–Kier alpha value is -6.55. The van der Waals surface area contributed by atoms with Crippen LogP contribution in [0.3, 0.4) is 0 Å². The number of carbonyl (C=O) groups excluding carboxylic acids is 2. The SMILES string of the molecule is COc1cccc(CN2CCN(c3nc4c(c(=O)n3-c3cc(C)c(F)c(C)c3)CCN(C(=O)c3cc5cc(C6CCOCC6)ccc5n3[C@@]3(c5noc(=O)[nH]5)C[C@@H]3C)[C@H]4C)C2=O)c1. The summed E-state index contributed by atoms with van der Waals surface area (Å²) in [6, 6.07) is 17.9. The van der Waals surface area contributed by atoms with Crippen molar-refractivity contribution in [1.82, 2.24) is 34.1 Å². The van der Waals surface area contributed by atoms with Crippen LogP contribution in [0.2, 0.25) is 0 Å². The summed E-state index contributed by atoms with van der Waals surface area (Å²) in [5, 5.41) is 5.03. The lowest BCUT2D eigenvalue weighted by molar-refractivity contribution is 0.0658. The van der Waals surface area contributed by atoms with Gasteiger partial charge in [-0.1, -0.05) is 30.3 Å². The standard InChI is InChI=1S/C47H49FN8O7/c1-26-19-34(20-27(2)39(26)48)55-41(57)36-11-14-53(29(4)40(36)49-44(55)54-16-15-52(46(54)60)25-30-7-6-8-35(21-30)61-5)42(58)38-23-33-22-32(31-12-17-62-18-13-31)9-10-37(33)56(38)47(24-28(47)3)43-50-45(59)63-51-43/h6-10,19-23,28-29,31H,11-18,24-25H2,1-5H3,(H,50,51,59)/t28-,29-,47-/m0/s1. The molecule has 3 amide bonds. The predicted molar refractivity (Wildman–Crippen MR) is 231 cm³/mol. The summed E-state index contributed by atoms with van der Waals surface area (Å²) >= 11 is 0. The fraction of sp³-hybridized carbons (Fsp3) is 0.404. The number of methoxy groups -OCH3 is 1. The minimum absolute atomic E-state index is 0.0120. The number of carbonyl (C=O) groups is 2. The number of benzene rings is 3. The van der Waals surface area contributed by atoms with E-state index >= 15 is 9.18 Å². The average Bonchev–Trinajstić information content (AvgIpc) is 3.58. The first-order valence-corrected chi connectivity index (χ1v) is 21.6. The first-order chi connectivity index (χ1) is 30.4. The van der Waals surface area contributed by atoms with Crippen molar-refractivity contribution in [1.29, 1.82) is 0 Å². The van der Waals surface area contributed by atoms with Gasteiger partial charge in [0.2, 0.25) is 5.95 Å². The molecule has 3 fully saturated rings. The van der Waals surface area contributed by atoms with E-state index in [1.165, 1.54) is 15.0 Å². The van der Waals surface area contributed by atoms with Gasteiger partial charge in [0.25, 0.3) is 11.5 Å². The van der Waals surface area contributed by atoms with Crippen LogP contribution in [-0.2, 0) is 23.2 Å². The van der Waals surface area contributed by atoms with Crippen LogP contribution in [0, 0.1) is 25.6 Å². The van der Waals surface area contributed by atoms with Crippen LogP contribution in [-0.4, -0.2) is 86.0 Å². The van der Waals surface area contributed by atoms with Crippen LogP contribution >= 0.6 is 0 Å². The van der Waals surface area contributed by atoms with Crippen LogP contribution in [0.25, 0.3) is 16.6 Å². The second kappa shape index (κ2) is 15.4. The fourth-order valence-corrected chi connectivity index (χ4v) is 10.2. The summed E-state index contributed by atoms with van der Waals surface area (Å²) in [5.41, 5.74) is 3.97. The van der Waals surface area contributed by atoms with E-state index in [0.29, 0.717) is 84.0 Å². The second-order valence-corrected chi connectivity index (χ2v) is 17.5. The van der Waals surface area contributed by atoms with E-state index in [0.717, 1.165) is 29.3 Å². The number of amides is 3. The molecule has 4 aliphatic rings. The van der Waals surface area contributed by atoms with Crippen LogP contribution in [0.1, 0.15) is 94.9 Å². The van der Waals surface area contributed by atoms with E-state index in [4.69, 9.17) is 19.0 Å². The Morgan fingerprint density at radius 2 is 1.75 bits per heavy atom. The molecule has 3 aliphatic heterocycles. The largest absolute Gasteiger partial charge is 0.497 e. The fourth-order valence-electron chi connectivity index (χ4n) is 10.2. The molecule has 0 radical (unpaired) electrons. The van der Waals surface area contributed by atoms with Crippen molar-refractivity contribution in [2.45, 2.75) is 77.4 Å².